The molecular formula is C11H12N2O3S. The fourth-order valence-electron chi connectivity index (χ4n) is 1.85. The van der Waals surface area contributed by atoms with E-state index in [9.17, 15) is 9.59 Å². The number of methoxy groups -OCH3 is 1. The van der Waals surface area contributed by atoms with Crippen LogP contribution in [-0.2, 0) is 11.8 Å². The number of rotatable bonds is 1. The number of fused-ring (bicyclic) bond motifs is 1. The zero-order valence-electron chi connectivity index (χ0n) is 10.0. The molecule has 2 rings (SSSR count). The molecule has 0 unspecified atom stereocenters. The highest BCUT2D eigenvalue weighted by atomic mass is 32.1. The van der Waals surface area contributed by atoms with E-state index in [-0.39, 0.29) is 5.56 Å². The van der Waals surface area contributed by atoms with Crippen LogP contribution >= 0.6 is 11.3 Å². The molecule has 0 bridgehead atoms. The Morgan fingerprint density at radius 3 is 2.65 bits per heavy atom. The van der Waals surface area contributed by atoms with Gasteiger partial charge in [-0.05, 0) is 19.4 Å². The highest BCUT2D eigenvalue weighted by Crippen LogP contribution is 2.30. The Bertz CT molecular complexity index is 669. The summed E-state index contributed by atoms with van der Waals surface area (Å²) < 4.78 is 6.54. The number of carbonyl (C=O) groups is 1. The Morgan fingerprint density at radius 1 is 1.41 bits per heavy atom. The molecule has 2 aromatic rings. The lowest BCUT2D eigenvalue weighted by atomic mass is 10.1. The van der Waals surface area contributed by atoms with E-state index < -0.39 is 5.97 Å². The molecule has 0 aliphatic carbocycles. The summed E-state index contributed by atoms with van der Waals surface area (Å²) in [5.41, 5.74) is 1.32. The van der Waals surface area contributed by atoms with Gasteiger partial charge >= 0.3 is 5.97 Å². The minimum absolute atomic E-state index is 0.186. The highest BCUT2D eigenvalue weighted by molar-refractivity contribution is 7.21. The molecule has 0 N–H and O–H groups in total. The van der Waals surface area contributed by atoms with Crippen molar-refractivity contribution in [1.29, 1.82) is 0 Å². The van der Waals surface area contributed by atoms with Gasteiger partial charge < -0.3 is 4.74 Å². The second-order valence-electron chi connectivity index (χ2n) is 3.77. The molecule has 0 saturated heterocycles. The van der Waals surface area contributed by atoms with Gasteiger partial charge in [-0.2, -0.15) is 5.10 Å². The summed E-state index contributed by atoms with van der Waals surface area (Å²) in [7, 11) is 2.93. The summed E-state index contributed by atoms with van der Waals surface area (Å²) in [5, 5.41) is 4.88. The molecule has 0 aliphatic heterocycles. The first-order valence-electron chi connectivity index (χ1n) is 5.02. The predicted octanol–water partition coefficient (Wildman–Crippen LogP) is 1.40. The normalized spacial score (nSPS) is 10.8. The summed E-state index contributed by atoms with van der Waals surface area (Å²) in [6, 6.07) is 0. The molecule has 0 amide bonds. The Hall–Kier alpha value is -1.69. The maximum atomic E-state index is 11.9. The zero-order chi connectivity index (χ0) is 12.7. The van der Waals surface area contributed by atoms with Gasteiger partial charge in [-0.25, -0.2) is 9.48 Å². The van der Waals surface area contributed by atoms with Crippen LogP contribution in [-0.4, -0.2) is 22.9 Å². The zero-order valence-corrected chi connectivity index (χ0v) is 10.8. The second-order valence-corrected chi connectivity index (χ2v) is 4.79. The summed E-state index contributed by atoms with van der Waals surface area (Å²) in [5.74, 6) is -0.412. The molecule has 0 aromatic carbocycles. The maximum Gasteiger partial charge on any atom is 0.348 e. The summed E-state index contributed by atoms with van der Waals surface area (Å²) in [6.45, 7) is 3.63. The molecule has 0 fully saturated rings. The first kappa shape index (κ1) is 11.8. The van der Waals surface area contributed by atoms with Gasteiger partial charge in [0.15, 0.2) is 0 Å². The Labute approximate surface area is 102 Å². The number of carbonyl (C=O) groups excluding carboxylic acids is 1. The van der Waals surface area contributed by atoms with Crippen LogP contribution in [0.1, 0.15) is 20.9 Å². The Balaban J connectivity index is 2.92. The minimum Gasteiger partial charge on any atom is -0.465 e. The third-order valence-corrected chi connectivity index (χ3v) is 3.93. The number of hydrogen-bond acceptors (Lipinski definition) is 5. The van der Waals surface area contributed by atoms with E-state index >= 15 is 0 Å². The van der Waals surface area contributed by atoms with E-state index in [1.54, 1.807) is 14.0 Å². The van der Waals surface area contributed by atoms with Gasteiger partial charge in [0.05, 0.1) is 12.8 Å². The lowest BCUT2D eigenvalue weighted by Crippen LogP contribution is -2.19. The van der Waals surface area contributed by atoms with Crippen molar-refractivity contribution in [3.8, 4) is 0 Å². The average Bonchev–Trinajstić information content (AvgIpc) is 2.64. The van der Waals surface area contributed by atoms with Crippen LogP contribution in [0.25, 0.3) is 10.1 Å². The molecule has 17 heavy (non-hydrogen) atoms. The van der Waals surface area contributed by atoms with Gasteiger partial charge in [-0.15, -0.1) is 11.3 Å². The molecule has 5 nitrogen and oxygen atoms in total. The van der Waals surface area contributed by atoms with Crippen molar-refractivity contribution in [3.63, 3.8) is 0 Å². The number of nitrogens with zero attached hydrogens (tertiary/aromatic N) is 2. The molecule has 0 saturated carbocycles. The number of esters is 1. The quantitative estimate of drug-likeness (QED) is 0.720. The molecule has 0 radical (unpaired) electrons. The molecular weight excluding hydrogens is 240 g/mol. The summed E-state index contributed by atoms with van der Waals surface area (Å²) >= 11 is 1.16. The van der Waals surface area contributed by atoms with E-state index in [2.05, 4.69) is 5.10 Å². The third-order valence-electron chi connectivity index (χ3n) is 2.67. The third kappa shape index (κ3) is 1.64. The largest absolute Gasteiger partial charge is 0.465 e. The Kier molecular flexibility index (Phi) is 2.74. The first-order chi connectivity index (χ1) is 7.97. The maximum absolute atomic E-state index is 11.9. The second kappa shape index (κ2) is 3.96. The Morgan fingerprint density at radius 2 is 2.06 bits per heavy atom. The SMILES string of the molecule is COC(=O)c1sc2c(=O)n(C)nc(C)c2c1C. The van der Waals surface area contributed by atoms with Gasteiger partial charge in [0.2, 0.25) is 0 Å². The van der Waals surface area contributed by atoms with Crippen LogP contribution in [0, 0.1) is 13.8 Å². The van der Waals surface area contributed by atoms with E-state index in [0.717, 1.165) is 28.0 Å². The van der Waals surface area contributed by atoms with Crippen molar-refractivity contribution in [2.24, 2.45) is 7.05 Å². The van der Waals surface area contributed by atoms with Crippen molar-refractivity contribution >= 4 is 27.4 Å². The van der Waals surface area contributed by atoms with Crippen LogP contribution in [0.2, 0.25) is 0 Å². The minimum atomic E-state index is -0.412. The van der Waals surface area contributed by atoms with Gasteiger partial charge in [0.1, 0.15) is 9.58 Å². The lowest BCUT2D eigenvalue weighted by molar-refractivity contribution is 0.0605. The van der Waals surface area contributed by atoms with E-state index in [1.165, 1.54) is 11.8 Å². The van der Waals surface area contributed by atoms with E-state index in [1.807, 2.05) is 6.92 Å². The van der Waals surface area contributed by atoms with E-state index in [4.69, 9.17) is 4.74 Å². The van der Waals surface area contributed by atoms with Gasteiger partial charge in [-0.3, -0.25) is 4.79 Å². The smallest absolute Gasteiger partial charge is 0.348 e. The predicted molar refractivity (Wildman–Crippen MR) is 65.7 cm³/mol. The van der Waals surface area contributed by atoms with Gasteiger partial charge in [0.25, 0.3) is 5.56 Å². The van der Waals surface area contributed by atoms with Crippen LogP contribution in [0.3, 0.4) is 0 Å². The van der Waals surface area contributed by atoms with Gasteiger partial charge in [0, 0.05) is 12.4 Å². The monoisotopic (exact) mass is 252 g/mol. The molecule has 6 heteroatoms. The number of thiophene rings is 1. The number of hydrogen-bond donors (Lipinski definition) is 0. The van der Waals surface area contributed by atoms with Crippen molar-refractivity contribution in [1.82, 2.24) is 9.78 Å². The standard InChI is InChI=1S/C11H12N2O3S/c1-5-7-6(2)12-13(3)10(14)9(7)17-8(5)11(15)16-4/h1-4H3. The molecule has 90 valence electrons. The van der Waals surface area contributed by atoms with Crippen molar-refractivity contribution in [2.75, 3.05) is 7.11 Å². The molecule has 0 spiro atoms. The number of ether oxygens (including phenoxy) is 1. The summed E-state index contributed by atoms with van der Waals surface area (Å²) in [4.78, 5) is 24.0. The molecule has 0 atom stereocenters. The molecule has 2 heterocycles. The van der Waals surface area contributed by atoms with Gasteiger partial charge in [-0.1, -0.05) is 0 Å². The van der Waals surface area contributed by atoms with Crippen LogP contribution < -0.4 is 5.56 Å². The number of aromatic nitrogens is 2. The topological polar surface area (TPSA) is 61.2 Å². The highest BCUT2D eigenvalue weighted by Gasteiger charge is 2.20. The molecule has 2 aromatic heterocycles. The van der Waals surface area contributed by atoms with Crippen LogP contribution in [0.4, 0.5) is 0 Å². The average molecular weight is 252 g/mol. The van der Waals surface area contributed by atoms with Crippen molar-refractivity contribution in [2.45, 2.75) is 13.8 Å². The fourth-order valence-corrected chi connectivity index (χ4v) is 3.10. The van der Waals surface area contributed by atoms with Crippen LogP contribution in [0.15, 0.2) is 4.79 Å². The summed E-state index contributed by atoms with van der Waals surface area (Å²) in [6.07, 6.45) is 0. The van der Waals surface area contributed by atoms with Crippen molar-refractivity contribution < 1.29 is 9.53 Å². The molecule has 0 aliphatic rings. The first-order valence-corrected chi connectivity index (χ1v) is 5.84. The van der Waals surface area contributed by atoms with Crippen molar-refractivity contribution in [3.05, 3.63) is 26.5 Å². The lowest BCUT2D eigenvalue weighted by Gasteiger charge is -2.00. The van der Waals surface area contributed by atoms with Crippen LogP contribution in [0.5, 0.6) is 0 Å². The fraction of sp³-hybridized carbons (Fsp3) is 0.364. The number of aryl methyl sites for hydroxylation is 3. The van der Waals surface area contributed by atoms with E-state index in [0.29, 0.717) is 9.58 Å².